The Morgan fingerprint density at radius 2 is 2.20 bits per heavy atom. The highest BCUT2D eigenvalue weighted by atomic mass is 16.5. The van der Waals surface area contributed by atoms with Crippen molar-refractivity contribution in [2.75, 3.05) is 13.7 Å². The highest BCUT2D eigenvalue weighted by Crippen LogP contribution is 2.38. The molecular formula is C11H16NO3+. The number of aliphatic hydroxyl groups excluding tert-OH is 1. The van der Waals surface area contributed by atoms with Gasteiger partial charge in [0.25, 0.3) is 0 Å². The molecular weight excluding hydrogens is 194 g/mol. The lowest BCUT2D eigenvalue weighted by atomic mass is 9.92. The number of rotatable bonds is 1. The Morgan fingerprint density at radius 1 is 1.47 bits per heavy atom. The maximum atomic E-state index is 9.97. The smallest absolute Gasteiger partial charge is 0.167 e. The van der Waals surface area contributed by atoms with Crippen LogP contribution in [0.5, 0.6) is 11.5 Å². The summed E-state index contributed by atoms with van der Waals surface area (Å²) in [6, 6.07) is 3.66. The molecule has 4 N–H and O–H groups in total. The zero-order valence-corrected chi connectivity index (χ0v) is 8.90. The first-order valence-electron chi connectivity index (χ1n) is 5.06. The lowest BCUT2D eigenvalue weighted by Gasteiger charge is -2.26. The average molecular weight is 210 g/mol. The fraction of sp³-hybridized carbons (Fsp3) is 0.455. The molecule has 0 fully saturated rings. The van der Waals surface area contributed by atoms with Crippen molar-refractivity contribution in [1.82, 2.24) is 0 Å². The first-order chi connectivity index (χ1) is 7.15. The van der Waals surface area contributed by atoms with Gasteiger partial charge in [-0.05, 0) is 18.6 Å². The number of hydrogen-bond acceptors (Lipinski definition) is 3. The normalized spacial score (nSPS) is 24.7. The maximum absolute atomic E-state index is 9.97. The van der Waals surface area contributed by atoms with E-state index in [0.717, 1.165) is 11.1 Å². The second kappa shape index (κ2) is 3.72. The van der Waals surface area contributed by atoms with Crippen LogP contribution in [0.2, 0.25) is 0 Å². The Morgan fingerprint density at radius 3 is 2.87 bits per heavy atom. The van der Waals surface area contributed by atoms with Crippen LogP contribution in [0.3, 0.4) is 0 Å². The van der Waals surface area contributed by atoms with E-state index >= 15 is 0 Å². The molecule has 0 saturated heterocycles. The standard InChI is InChI=1S/C11H15NO3/c1-6-10-7(8(13)5-12-6)3-4-9(15-2)11(10)14/h3-4,6,8,12-14H,5H2,1-2H3/p+1/t6-,8-/m1/s1. The van der Waals surface area contributed by atoms with Gasteiger partial charge in [0.05, 0.1) is 12.7 Å². The molecule has 1 aromatic carbocycles. The summed E-state index contributed by atoms with van der Waals surface area (Å²) in [4.78, 5) is 0. The van der Waals surface area contributed by atoms with E-state index in [1.54, 1.807) is 6.07 Å². The SMILES string of the molecule is COc1ccc2c(c1O)[C@@H](C)[NH2+]C[C@H]2O. The number of phenols is 1. The lowest BCUT2D eigenvalue weighted by molar-refractivity contribution is -0.703. The Bertz CT molecular complexity index is 378. The van der Waals surface area contributed by atoms with Crippen LogP contribution in [0.4, 0.5) is 0 Å². The third kappa shape index (κ3) is 1.56. The molecule has 2 atom stereocenters. The maximum Gasteiger partial charge on any atom is 0.167 e. The largest absolute Gasteiger partial charge is 0.504 e. The molecule has 0 amide bonds. The van der Waals surface area contributed by atoms with Crippen molar-refractivity contribution < 1.29 is 20.3 Å². The van der Waals surface area contributed by atoms with E-state index in [9.17, 15) is 10.2 Å². The molecule has 0 aromatic heterocycles. The van der Waals surface area contributed by atoms with Gasteiger partial charge in [-0.15, -0.1) is 0 Å². The van der Waals surface area contributed by atoms with Gasteiger partial charge in [0.1, 0.15) is 18.7 Å². The van der Waals surface area contributed by atoms with E-state index in [1.807, 2.05) is 18.3 Å². The molecule has 1 heterocycles. The summed E-state index contributed by atoms with van der Waals surface area (Å²) in [6.45, 7) is 2.64. The van der Waals surface area contributed by atoms with Crippen LogP contribution < -0.4 is 10.1 Å². The van der Waals surface area contributed by atoms with Crippen LogP contribution in [0.25, 0.3) is 0 Å². The summed E-state index contributed by atoms with van der Waals surface area (Å²) in [7, 11) is 1.52. The van der Waals surface area contributed by atoms with Crippen molar-refractivity contribution in [2.45, 2.75) is 19.1 Å². The van der Waals surface area contributed by atoms with Gasteiger partial charge in [-0.1, -0.05) is 6.07 Å². The quantitative estimate of drug-likeness (QED) is 0.614. The minimum atomic E-state index is -0.506. The van der Waals surface area contributed by atoms with Crippen LogP contribution in [0, 0.1) is 0 Å². The second-order valence-corrected chi connectivity index (χ2v) is 3.90. The Kier molecular flexibility index (Phi) is 2.54. The summed E-state index contributed by atoms with van der Waals surface area (Å²) in [5.74, 6) is 0.612. The Balaban J connectivity index is 2.58. The van der Waals surface area contributed by atoms with E-state index in [-0.39, 0.29) is 11.8 Å². The first kappa shape index (κ1) is 10.3. The molecule has 4 heteroatoms. The van der Waals surface area contributed by atoms with E-state index in [1.165, 1.54) is 7.11 Å². The molecule has 15 heavy (non-hydrogen) atoms. The van der Waals surface area contributed by atoms with Gasteiger partial charge >= 0.3 is 0 Å². The van der Waals surface area contributed by atoms with Crippen LogP contribution in [0.15, 0.2) is 12.1 Å². The highest BCUT2D eigenvalue weighted by molar-refractivity contribution is 5.51. The third-order valence-corrected chi connectivity index (χ3v) is 2.96. The van der Waals surface area contributed by atoms with Gasteiger partial charge < -0.3 is 20.3 Å². The fourth-order valence-electron chi connectivity index (χ4n) is 2.12. The zero-order chi connectivity index (χ0) is 11.0. The number of aromatic hydroxyl groups is 1. The van der Waals surface area contributed by atoms with Crippen LogP contribution >= 0.6 is 0 Å². The molecule has 0 radical (unpaired) electrons. The molecule has 1 aliphatic rings. The number of ether oxygens (including phenoxy) is 1. The van der Waals surface area contributed by atoms with Crippen LogP contribution in [-0.2, 0) is 0 Å². The number of aliphatic hydroxyl groups is 1. The molecule has 0 bridgehead atoms. The van der Waals surface area contributed by atoms with Crippen molar-refractivity contribution in [3.63, 3.8) is 0 Å². The van der Waals surface area contributed by atoms with E-state index in [2.05, 4.69) is 0 Å². The summed E-state index contributed by atoms with van der Waals surface area (Å²) in [5.41, 5.74) is 1.59. The number of phenolic OH excluding ortho intramolecular Hbond substituents is 1. The van der Waals surface area contributed by atoms with E-state index in [0.29, 0.717) is 12.3 Å². The van der Waals surface area contributed by atoms with Crippen molar-refractivity contribution >= 4 is 0 Å². The second-order valence-electron chi connectivity index (χ2n) is 3.90. The molecule has 0 unspecified atom stereocenters. The number of nitrogens with two attached hydrogens (primary N) is 1. The van der Waals surface area contributed by atoms with Gasteiger partial charge in [0.2, 0.25) is 0 Å². The Hall–Kier alpha value is -1.26. The van der Waals surface area contributed by atoms with Crippen LogP contribution in [-0.4, -0.2) is 23.9 Å². The minimum absolute atomic E-state index is 0.150. The summed E-state index contributed by atoms with van der Waals surface area (Å²) >= 11 is 0. The number of hydrogen-bond donors (Lipinski definition) is 3. The molecule has 2 rings (SSSR count). The third-order valence-electron chi connectivity index (χ3n) is 2.96. The summed E-state index contributed by atoms with van der Waals surface area (Å²) in [5, 5.41) is 21.8. The monoisotopic (exact) mass is 210 g/mol. The lowest BCUT2D eigenvalue weighted by Crippen LogP contribution is -2.87. The number of fused-ring (bicyclic) bond motifs is 1. The average Bonchev–Trinajstić information content (AvgIpc) is 2.23. The predicted octanol–water partition coefficient (Wildman–Crippen LogP) is 0.0722. The van der Waals surface area contributed by atoms with Gasteiger partial charge in [-0.3, -0.25) is 0 Å². The predicted molar refractivity (Wildman–Crippen MR) is 54.8 cm³/mol. The molecule has 0 saturated carbocycles. The number of benzene rings is 1. The molecule has 1 aliphatic heterocycles. The molecule has 82 valence electrons. The summed E-state index contributed by atoms with van der Waals surface area (Å²) < 4.78 is 5.05. The van der Waals surface area contributed by atoms with Crippen molar-refractivity contribution in [1.29, 1.82) is 0 Å². The van der Waals surface area contributed by atoms with Gasteiger partial charge in [0, 0.05) is 0 Å². The highest BCUT2D eigenvalue weighted by Gasteiger charge is 2.30. The Labute approximate surface area is 88.5 Å². The molecule has 4 nitrogen and oxygen atoms in total. The molecule has 0 aliphatic carbocycles. The number of quaternary nitrogens is 1. The summed E-state index contributed by atoms with van der Waals surface area (Å²) in [6.07, 6.45) is -0.506. The van der Waals surface area contributed by atoms with Crippen molar-refractivity contribution in [2.24, 2.45) is 0 Å². The van der Waals surface area contributed by atoms with Crippen molar-refractivity contribution in [3.8, 4) is 11.5 Å². The first-order valence-corrected chi connectivity index (χ1v) is 5.06. The zero-order valence-electron chi connectivity index (χ0n) is 8.90. The topological polar surface area (TPSA) is 66.3 Å². The van der Waals surface area contributed by atoms with Gasteiger partial charge in [-0.2, -0.15) is 0 Å². The fourth-order valence-corrected chi connectivity index (χ4v) is 2.12. The molecule has 1 aromatic rings. The van der Waals surface area contributed by atoms with E-state index < -0.39 is 6.10 Å². The van der Waals surface area contributed by atoms with Gasteiger partial charge in [-0.25, -0.2) is 0 Å². The van der Waals surface area contributed by atoms with Gasteiger partial charge in [0.15, 0.2) is 11.5 Å². The molecule has 0 spiro atoms. The van der Waals surface area contributed by atoms with Crippen LogP contribution in [0.1, 0.15) is 30.2 Å². The number of methoxy groups -OCH3 is 1. The van der Waals surface area contributed by atoms with Crippen molar-refractivity contribution in [3.05, 3.63) is 23.3 Å². The van der Waals surface area contributed by atoms with E-state index in [4.69, 9.17) is 4.74 Å². The minimum Gasteiger partial charge on any atom is -0.504 e.